The molecule has 6 heteroatoms. The van der Waals surface area contributed by atoms with Crippen LogP contribution in [0.5, 0.6) is 0 Å². The lowest BCUT2D eigenvalue weighted by atomic mass is 10.2. The van der Waals surface area contributed by atoms with E-state index in [1.165, 1.54) is 6.07 Å². The predicted molar refractivity (Wildman–Crippen MR) is 81.1 cm³/mol. The first-order chi connectivity index (χ1) is 8.95. The standard InChI is InChI=1S/C13H9BrCl2N2O/c1-7-4-8(5-12(16)17-7)13(19)18-11-6-9(14)2-3-10(11)15/h2-6H,1H3,(H,18,19). The van der Waals surface area contributed by atoms with Crippen LogP contribution in [-0.2, 0) is 0 Å². The van der Waals surface area contributed by atoms with Gasteiger partial charge in [-0.25, -0.2) is 4.98 Å². The number of anilines is 1. The number of hydrogen-bond donors (Lipinski definition) is 1. The van der Waals surface area contributed by atoms with Gasteiger partial charge in [-0.05, 0) is 37.3 Å². The molecule has 1 aromatic carbocycles. The Morgan fingerprint density at radius 1 is 1.26 bits per heavy atom. The number of pyridine rings is 1. The summed E-state index contributed by atoms with van der Waals surface area (Å²) in [6.07, 6.45) is 0. The number of hydrogen-bond acceptors (Lipinski definition) is 2. The Morgan fingerprint density at radius 3 is 2.68 bits per heavy atom. The van der Waals surface area contributed by atoms with Crippen molar-refractivity contribution in [3.63, 3.8) is 0 Å². The van der Waals surface area contributed by atoms with Gasteiger partial charge in [-0.1, -0.05) is 39.1 Å². The van der Waals surface area contributed by atoms with Gasteiger partial charge in [-0.15, -0.1) is 0 Å². The minimum atomic E-state index is -0.285. The first-order valence-corrected chi connectivity index (χ1v) is 6.91. The lowest BCUT2D eigenvalue weighted by Crippen LogP contribution is -2.12. The Kier molecular flexibility index (Phi) is 4.45. The topological polar surface area (TPSA) is 42.0 Å². The first kappa shape index (κ1) is 14.3. The molecule has 2 aromatic rings. The maximum atomic E-state index is 12.1. The first-order valence-electron chi connectivity index (χ1n) is 5.36. The van der Waals surface area contributed by atoms with E-state index in [9.17, 15) is 4.79 Å². The molecule has 3 nitrogen and oxygen atoms in total. The fraction of sp³-hybridized carbons (Fsp3) is 0.0769. The van der Waals surface area contributed by atoms with Gasteiger partial charge in [0.25, 0.3) is 5.91 Å². The van der Waals surface area contributed by atoms with Crippen LogP contribution in [0.2, 0.25) is 10.2 Å². The molecule has 0 radical (unpaired) electrons. The zero-order chi connectivity index (χ0) is 14.0. The predicted octanol–water partition coefficient (Wildman–Crippen LogP) is 4.71. The van der Waals surface area contributed by atoms with Crippen molar-refractivity contribution in [1.29, 1.82) is 0 Å². The van der Waals surface area contributed by atoms with Crippen molar-refractivity contribution in [2.24, 2.45) is 0 Å². The molecule has 0 atom stereocenters. The molecule has 1 heterocycles. The van der Waals surface area contributed by atoms with Crippen LogP contribution in [0.1, 0.15) is 16.1 Å². The highest BCUT2D eigenvalue weighted by Gasteiger charge is 2.10. The van der Waals surface area contributed by atoms with Crippen molar-refractivity contribution < 1.29 is 4.79 Å². The summed E-state index contributed by atoms with van der Waals surface area (Å²) in [5, 5.41) is 3.48. The second-order valence-corrected chi connectivity index (χ2v) is 5.61. The Labute approximate surface area is 129 Å². The smallest absolute Gasteiger partial charge is 0.255 e. The highest BCUT2D eigenvalue weighted by atomic mass is 79.9. The third kappa shape index (κ3) is 3.69. The molecule has 0 aliphatic carbocycles. The maximum absolute atomic E-state index is 12.1. The lowest BCUT2D eigenvalue weighted by Gasteiger charge is -2.08. The number of benzene rings is 1. The quantitative estimate of drug-likeness (QED) is 0.789. The number of amides is 1. The minimum Gasteiger partial charge on any atom is -0.321 e. The van der Waals surface area contributed by atoms with Crippen molar-refractivity contribution in [3.8, 4) is 0 Å². The molecule has 1 aromatic heterocycles. The van der Waals surface area contributed by atoms with Gasteiger partial charge in [0, 0.05) is 15.7 Å². The monoisotopic (exact) mass is 358 g/mol. The van der Waals surface area contributed by atoms with Gasteiger partial charge in [0.1, 0.15) is 5.15 Å². The van der Waals surface area contributed by atoms with Crippen LogP contribution in [0.3, 0.4) is 0 Å². The van der Waals surface area contributed by atoms with E-state index in [4.69, 9.17) is 23.2 Å². The molecule has 1 N–H and O–H groups in total. The van der Waals surface area contributed by atoms with Crippen LogP contribution in [0.25, 0.3) is 0 Å². The van der Waals surface area contributed by atoms with E-state index >= 15 is 0 Å². The molecule has 0 aliphatic rings. The molecule has 19 heavy (non-hydrogen) atoms. The van der Waals surface area contributed by atoms with Crippen molar-refractivity contribution >= 4 is 50.7 Å². The second kappa shape index (κ2) is 5.90. The van der Waals surface area contributed by atoms with Gasteiger partial charge in [0.2, 0.25) is 0 Å². The molecule has 98 valence electrons. The van der Waals surface area contributed by atoms with Gasteiger partial charge in [0.15, 0.2) is 0 Å². The van der Waals surface area contributed by atoms with Crippen LogP contribution < -0.4 is 5.32 Å². The van der Waals surface area contributed by atoms with E-state index < -0.39 is 0 Å². The highest BCUT2D eigenvalue weighted by molar-refractivity contribution is 9.10. The Balaban J connectivity index is 2.28. The zero-order valence-corrected chi connectivity index (χ0v) is 13.0. The van der Waals surface area contributed by atoms with Gasteiger partial charge < -0.3 is 5.32 Å². The molecule has 0 saturated heterocycles. The van der Waals surface area contributed by atoms with Gasteiger partial charge in [0.05, 0.1) is 10.7 Å². The number of nitrogens with one attached hydrogen (secondary N) is 1. The molecule has 0 aliphatic heterocycles. The molecule has 2 rings (SSSR count). The maximum Gasteiger partial charge on any atom is 0.255 e. The second-order valence-electron chi connectivity index (χ2n) is 3.90. The highest BCUT2D eigenvalue weighted by Crippen LogP contribution is 2.26. The number of halogens is 3. The number of carbonyl (C=O) groups is 1. The van der Waals surface area contributed by atoms with Crippen LogP contribution in [0.4, 0.5) is 5.69 Å². The molecule has 0 unspecified atom stereocenters. The van der Waals surface area contributed by atoms with E-state index in [1.54, 1.807) is 31.2 Å². The summed E-state index contributed by atoms with van der Waals surface area (Å²) in [6.45, 7) is 1.77. The Morgan fingerprint density at radius 2 is 2.00 bits per heavy atom. The molecule has 0 saturated carbocycles. The van der Waals surface area contributed by atoms with Crippen molar-refractivity contribution in [1.82, 2.24) is 4.98 Å². The van der Waals surface area contributed by atoms with Crippen molar-refractivity contribution in [2.45, 2.75) is 6.92 Å². The summed E-state index contributed by atoms with van der Waals surface area (Å²) in [4.78, 5) is 16.1. The van der Waals surface area contributed by atoms with Gasteiger partial charge >= 0.3 is 0 Å². The van der Waals surface area contributed by atoms with Crippen molar-refractivity contribution in [2.75, 3.05) is 5.32 Å². The van der Waals surface area contributed by atoms with Crippen LogP contribution >= 0.6 is 39.1 Å². The molecular weight excluding hydrogens is 351 g/mol. The minimum absolute atomic E-state index is 0.283. The molecule has 0 fully saturated rings. The number of aromatic nitrogens is 1. The van der Waals surface area contributed by atoms with E-state index in [0.717, 1.165) is 4.47 Å². The molecular formula is C13H9BrCl2N2O. The number of aryl methyl sites for hydroxylation is 1. The van der Waals surface area contributed by atoms with E-state index in [-0.39, 0.29) is 11.1 Å². The summed E-state index contributed by atoms with van der Waals surface area (Å²) in [5.41, 5.74) is 1.65. The third-order valence-corrected chi connectivity index (χ3v) is 3.38. The van der Waals surface area contributed by atoms with Gasteiger partial charge in [-0.2, -0.15) is 0 Å². The largest absolute Gasteiger partial charge is 0.321 e. The number of carbonyl (C=O) groups excluding carboxylic acids is 1. The van der Waals surface area contributed by atoms with E-state index in [2.05, 4.69) is 26.2 Å². The number of nitrogens with zero attached hydrogens (tertiary/aromatic N) is 1. The molecule has 0 spiro atoms. The molecule has 1 amide bonds. The van der Waals surface area contributed by atoms with Crippen molar-refractivity contribution in [3.05, 3.63) is 56.2 Å². The van der Waals surface area contributed by atoms with Gasteiger partial charge in [-0.3, -0.25) is 4.79 Å². The molecule has 0 bridgehead atoms. The average molecular weight is 360 g/mol. The fourth-order valence-corrected chi connectivity index (χ4v) is 2.32. The van der Waals surface area contributed by atoms with Crippen LogP contribution in [-0.4, -0.2) is 10.9 Å². The fourth-order valence-electron chi connectivity index (χ4n) is 1.55. The Hall–Kier alpha value is -1.10. The summed E-state index contributed by atoms with van der Waals surface area (Å²) < 4.78 is 0.830. The van der Waals surface area contributed by atoms with E-state index in [1.807, 2.05) is 0 Å². The van der Waals surface area contributed by atoms with Crippen LogP contribution in [0, 0.1) is 6.92 Å². The van der Waals surface area contributed by atoms with E-state index in [0.29, 0.717) is 22.0 Å². The third-order valence-electron chi connectivity index (χ3n) is 2.36. The summed E-state index contributed by atoms with van der Waals surface area (Å²) in [6, 6.07) is 8.40. The number of rotatable bonds is 2. The van der Waals surface area contributed by atoms with Crippen LogP contribution in [0.15, 0.2) is 34.8 Å². The summed E-state index contributed by atoms with van der Waals surface area (Å²) >= 11 is 15.2. The Bertz CT molecular complexity index is 626. The summed E-state index contributed by atoms with van der Waals surface area (Å²) in [7, 11) is 0. The zero-order valence-electron chi connectivity index (χ0n) is 9.88. The average Bonchev–Trinajstić information content (AvgIpc) is 2.32. The normalized spacial score (nSPS) is 10.3. The SMILES string of the molecule is Cc1cc(C(=O)Nc2cc(Br)ccc2Cl)cc(Cl)n1. The summed E-state index contributed by atoms with van der Waals surface area (Å²) in [5.74, 6) is -0.285. The lowest BCUT2D eigenvalue weighted by molar-refractivity contribution is 0.102.